The largest absolute Gasteiger partial charge is 0.465 e. The Morgan fingerprint density at radius 1 is 0.415 bits per heavy atom. The van der Waals surface area contributed by atoms with Gasteiger partial charge in [0.2, 0.25) is 0 Å². The fourth-order valence-electron chi connectivity index (χ4n) is 5.88. The normalized spacial score (nSPS) is 11.3. The van der Waals surface area contributed by atoms with Crippen molar-refractivity contribution >= 4 is 5.97 Å². The van der Waals surface area contributed by atoms with Crippen LogP contribution in [0.2, 0.25) is 0 Å². The third-order valence-electron chi connectivity index (χ3n) is 8.78. The highest BCUT2D eigenvalue weighted by Crippen LogP contribution is 2.17. The highest BCUT2D eigenvalue weighted by atomic mass is 16.5. The van der Waals surface area contributed by atoms with Crippen LogP contribution in [0.15, 0.2) is 12.2 Å². The van der Waals surface area contributed by atoms with Crippen molar-refractivity contribution in [3.8, 4) is 0 Å². The van der Waals surface area contributed by atoms with Gasteiger partial charge < -0.3 is 4.74 Å². The SMILES string of the molecule is C=C(C)CCOC(=O)CCCCCCCCCCCCCCCCCCCCCCCCCCCCCCCCC. The molecule has 0 aromatic rings. The lowest BCUT2D eigenvalue weighted by Crippen LogP contribution is -2.05. The smallest absolute Gasteiger partial charge is 0.305 e. The minimum Gasteiger partial charge on any atom is -0.465 e. The Morgan fingerprint density at radius 2 is 0.659 bits per heavy atom. The van der Waals surface area contributed by atoms with Crippen molar-refractivity contribution < 1.29 is 9.53 Å². The van der Waals surface area contributed by atoms with Crippen LogP contribution in [0.1, 0.15) is 226 Å². The Hall–Kier alpha value is -0.790. The molecule has 0 N–H and O–H groups in total. The molecule has 0 saturated carbocycles. The van der Waals surface area contributed by atoms with E-state index >= 15 is 0 Å². The van der Waals surface area contributed by atoms with Crippen LogP contribution >= 0.6 is 0 Å². The Bertz CT molecular complexity index is 526. The summed E-state index contributed by atoms with van der Waals surface area (Å²) in [5.41, 5.74) is 1.07. The lowest BCUT2D eigenvalue weighted by Gasteiger charge is -2.05. The molecule has 41 heavy (non-hydrogen) atoms. The van der Waals surface area contributed by atoms with Gasteiger partial charge in [0.05, 0.1) is 6.61 Å². The molecule has 0 heterocycles. The van der Waals surface area contributed by atoms with E-state index in [0.717, 1.165) is 24.8 Å². The van der Waals surface area contributed by atoms with Crippen molar-refractivity contribution in [1.29, 1.82) is 0 Å². The fourth-order valence-corrected chi connectivity index (χ4v) is 5.88. The van der Waals surface area contributed by atoms with Crippen LogP contribution in [0.25, 0.3) is 0 Å². The van der Waals surface area contributed by atoms with E-state index in [2.05, 4.69) is 13.5 Å². The van der Waals surface area contributed by atoms with E-state index in [1.165, 1.54) is 186 Å². The lowest BCUT2D eigenvalue weighted by molar-refractivity contribution is -0.143. The summed E-state index contributed by atoms with van der Waals surface area (Å²) in [5.74, 6) is -0.0401. The minimum absolute atomic E-state index is 0.0401. The standard InChI is InChI=1S/C39H76O2/c1-4-5-6-7-8-9-10-11-12-13-14-15-16-17-18-19-20-21-22-23-24-25-26-27-28-29-30-31-32-33-34-35-39(40)41-37-36-38(2)3/h2,4-37H2,1,3H3. The second kappa shape index (κ2) is 35.4. The molecule has 0 atom stereocenters. The van der Waals surface area contributed by atoms with Gasteiger partial charge in [-0.3, -0.25) is 4.79 Å². The summed E-state index contributed by atoms with van der Waals surface area (Å²) in [6, 6.07) is 0. The van der Waals surface area contributed by atoms with E-state index in [-0.39, 0.29) is 5.97 Å². The van der Waals surface area contributed by atoms with E-state index < -0.39 is 0 Å². The summed E-state index contributed by atoms with van der Waals surface area (Å²) in [5, 5.41) is 0. The summed E-state index contributed by atoms with van der Waals surface area (Å²) in [7, 11) is 0. The molecule has 2 nitrogen and oxygen atoms in total. The number of carbonyl (C=O) groups excluding carboxylic acids is 1. The number of hydrogen-bond acceptors (Lipinski definition) is 2. The van der Waals surface area contributed by atoms with Gasteiger partial charge >= 0.3 is 5.97 Å². The highest BCUT2D eigenvalue weighted by Gasteiger charge is 2.02. The molecule has 0 bridgehead atoms. The molecule has 0 saturated heterocycles. The van der Waals surface area contributed by atoms with Crippen molar-refractivity contribution in [2.45, 2.75) is 226 Å². The molecule has 0 spiro atoms. The first-order valence-electron chi connectivity index (χ1n) is 19.0. The number of ether oxygens (including phenoxy) is 1. The average Bonchev–Trinajstić information content (AvgIpc) is 2.95. The molecule has 0 amide bonds. The Balaban J connectivity index is 3.08. The van der Waals surface area contributed by atoms with E-state index in [0.29, 0.717) is 13.0 Å². The molecule has 0 rings (SSSR count). The molecule has 0 radical (unpaired) electrons. The zero-order valence-electron chi connectivity index (χ0n) is 28.6. The molecule has 0 fully saturated rings. The van der Waals surface area contributed by atoms with Crippen LogP contribution in [0.5, 0.6) is 0 Å². The third kappa shape index (κ3) is 37.2. The fraction of sp³-hybridized carbons (Fsp3) is 0.923. The van der Waals surface area contributed by atoms with Gasteiger partial charge in [0.25, 0.3) is 0 Å². The van der Waals surface area contributed by atoms with Crippen molar-refractivity contribution in [3.05, 3.63) is 12.2 Å². The van der Waals surface area contributed by atoms with Gasteiger partial charge in [-0.25, -0.2) is 0 Å². The van der Waals surface area contributed by atoms with Crippen molar-refractivity contribution in [2.75, 3.05) is 6.61 Å². The van der Waals surface area contributed by atoms with Crippen LogP contribution in [0.4, 0.5) is 0 Å². The number of rotatable bonds is 35. The first-order chi connectivity index (χ1) is 20.2. The summed E-state index contributed by atoms with van der Waals surface area (Å²) in [6.07, 6.45) is 45.3. The first-order valence-corrected chi connectivity index (χ1v) is 19.0. The lowest BCUT2D eigenvalue weighted by atomic mass is 10.0. The highest BCUT2D eigenvalue weighted by molar-refractivity contribution is 5.69. The third-order valence-corrected chi connectivity index (χ3v) is 8.78. The number of esters is 1. The summed E-state index contributed by atoms with van der Waals surface area (Å²) < 4.78 is 5.22. The second-order valence-electron chi connectivity index (χ2n) is 13.3. The molecular weight excluding hydrogens is 500 g/mol. The molecule has 0 aliphatic heterocycles. The van der Waals surface area contributed by atoms with Gasteiger partial charge in [-0.2, -0.15) is 0 Å². The summed E-state index contributed by atoms with van der Waals surface area (Å²) in [6.45, 7) is 8.60. The monoisotopic (exact) mass is 577 g/mol. The second-order valence-corrected chi connectivity index (χ2v) is 13.3. The number of carbonyl (C=O) groups is 1. The summed E-state index contributed by atoms with van der Waals surface area (Å²) in [4.78, 5) is 11.6. The Morgan fingerprint density at radius 3 is 0.902 bits per heavy atom. The molecule has 0 aromatic carbocycles. The van der Waals surface area contributed by atoms with E-state index in [4.69, 9.17) is 4.74 Å². The molecule has 2 heteroatoms. The van der Waals surface area contributed by atoms with E-state index in [1.807, 2.05) is 6.92 Å². The maximum atomic E-state index is 11.6. The van der Waals surface area contributed by atoms with Crippen LogP contribution in [0.3, 0.4) is 0 Å². The first kappa shape index (κ1) is 40.2. The average molecular weight is 577 g/mol. The molecule has 0 aliphatic carbocycles. The predicted molar refractivity (Wildman–Crippen MR) is 184 cm³/mol. The molecule has 244 valence electrons. The molecule has 0 aliphatic rings. The zero-order chi connectivity index (χ0) is 29.9. The summed E-state index contributed by atoms with van der Waals surface area (Å²) >= 11 is 0. The van der Waals surface area contributed by atoms with Crippen molar-refractivity contribution in [2.24, 2.45) is 0 Å². The van der Waals surface area contributed by atoms with Gasteiger partial charge in [-0.1, -0.05) is 205 Å². The predicted octanol–water partition coefficient (Wildman–Crippen LogP) is 14.0. The topological polar surface area (TPSA) is 26.3 Å². The quantitative estimate of drug-likeness (QED) is 0.0426. The minimum atomic E-state index is -0.0401. The molecular formula is C39H76O2. The maximum Gasteiger partial charge on any atom is 0.305 e. The van der Waals surface area contributed by atoms with Gasteiger partial charge in [0, 0.05) is 12.8 Å². The van der Waals surface area contributed by atoms with Crippen molar-refractivity contribution in [3.63, 3.8) is 0 Å². The number of unbranched alkanes of at least 4 members (excludes halogenated alkanes) is 30. The van der Waals surface area contributed by atoms with Gasteiger partial charge in [-0.15, -0.1) is 6.58 Å². The van der Waals surface area contributed by atoms with E-state index in [1.54, 1.807) is 0 Å². The van der Waals surface area contributed by atoms with Crippen LogP contribution in [-0.4, -0.2) is 12.6 Å². The Labute approximate surface area is 259 Å². The van der Waals surface area contributed by atoms with E-state index in [9.17, 15) is 4.79 Å². The van der Waals surface area contributed by atoms with Crippen molar-refractivity contribution in [1.82, 2.24) is 0 Å². The number of hydrogen-bond donors (Lipinski definition) is 0. The van der Waals surface area contributed by atoms with Gasteiger partial charge in [0.1, 0.15) is 0 Å². The molecule has 0 aromatic heterocycles. The van der Waals surface area contributed by atoms with Crippen LogP contribution in [0, 0.1) is 0 Å². The maximum absolute atomic E-state index is 11.6. The van der Waals surface area contributed by atoms with Crippen LogP contribution in [-0.2, 0) is 9.53 Å². The van der Waals surface area contributed by atoms with Crippen LogP contribution < -0.4 is 0 Å². The van der Waals surface area contributed by atoms with Gasteiger partial charge in [-0.05, 0) is 13.3 Å². The molecule has 0 unspecified atom stereocenters. The van der Waals surface area contributed by atoms with Gasteiger partial charge in [0.15, 0.2) is 0 Å². The zero-order valence-corrected chi connectivity index (χ0v) is 28.6. The Kier molecular flexibility index (Phi) is 34.7.